The molecular formula is C34H50O4S. The summed E-state index contributed by atoms with van der Waals surface area (Å²) in [5.41, 5.74) is 3.94. The topological polar surface area (TPSA) is 44.8 Å². The molecule has 0 spiro atoms. The van der Waals surface area contributed by atoms with Gasteiger partial charge in [0, 0.05) is 11.7 Å². The second-order valence-corrected chi connectivity index (χ2v) is 14.1. The molecule has 9 atom stereocenters. The molecule has 1 heterocycles. The first kappa shape index (κ1) is 29.2. The lowest BCUT2D eigenvalue weighted by Crippen LogP contribution is -2.50. The van der Waals surface area contributed by atoms with E-state index in [-0.39, 0.29) is 23.6 Å². The number of ether oxygens (including phenoxy) is 3. The molecule has 4 nitrogen and oxygen atoms in total. The molecule has 9 unspecified atom stereocenters. The van der Waals surface area contributed by atoms with Crippen LogP contribution in [0.2, 0.25) is 0 Å². The van der Waals surface area contributed by atoms with Gasteiger partial charge < -0.3 is 14.2 Å². The fourth-order valence-electron chi connectivity index (χ4n) is 9.23. The summed E-state index contributed by atoms with van der Waals surface area (Å²) < 4.78 is 17.4. The van der Waals surface area contributed by atoms with Gasteiger partial charge in [0.2, 0.25) is 0 Å². The van der Waals surface area contributed by atoms with Crippen molar-refractivity contribution < 1.29 is 19.0 Å². The third-order valence-electron chi connectivity index (χ3n) is 11.3. The maximum atomic E-state index is 11.8. The van der Waals surface area contributed by atoms with E-state index in [2.05, 4.69) is 58.2 Å². The van der Waals surface area contributed by atoms with E-state index in [0.717, 1.165) is 43.4 Å². The van der Waals surface area contributed by atoms with E-state index in [1.54, 1.807) is 17.2 Å². The Morgan fingerprint density at radius 3 is 2.79 bits per heavy atom. The quantitative estimate of drug-likeness (QED) is 0.136. The Labute approximate surface area is 242 Å². The zero-order valence-electron chi connectivity index (χ0n) is 24.4. The van der Waals surface area contributed by atoms with Crippen molar-refractivity contribution in [1.82, 2.24) is 0 Å². The summed E-state index contributed by atoms with van der Waals surface area (Å²) >= 11 is 4.47. The van der Waals surface area contributed by atoms with Gasteiger partial charge in [0.05, 0.1) is 12.7 Å². The normalized spacial score (nSPS) is 41.7. The van der Waals surface area contributed by atoms with Crippen molar-refractivity contribution in [3.63, 3.8) is 0 Å². The van der Waals surface area contributed by atoms with E-state index in [4.69, 9.17) is 14.2 Å². The highest BCUT2D eigenvalue weighted by Crippen LogP contribution is 2.67. The molecule has 1 aliphatic heterocycles. The molecule has 216 valence electrons. The first-order valence-electron chi connectivity index (χ1n) is 15.5. The predicted octanol–water partition coefficient (Wildman–Crippen LogP) is 8.01. The van der Waals surface area contributed by atoms with Crippen LogP contribution in [0.25, 0.3) is 0 Å². The Balaban J connectivity index is 1.20. The molecule has 0 aromatic heterocycles. The fourth-order valence-corrected chi connectivity index (χ4v) is 9.42. The van der Waals surface area contributed by atoms with E-state index in [9.17, 15) is 4.79 Å². The van der Waals surface area contributed by atoms with Crippen LogP contribution in [0.1, 0.15) is 91.4 Å². The van der Waals surface area contributed by atoms with Gasteiger partial charge in [0.15, 0.2) is 6.29 Å². The number of allylic oxidation sites excluding steroid dienone is 3. The zero-order chi connectivity index (χ0) is 27.6. The highest BCUT2D eigenvalue weighted by atomic mass is 32.1. The number of hydrogen-bond acceptors (Lipinski definition) is 5. The molecule has 0 radical (unpaired) electrons. The van der Waals surface area contributed by atoms with Gasteiger partial charge in [-0.05, 0) is 112 Å². The summed E-state index contributed by atoms with van der Waals surface area (Å²) in [7, 11) is 0. The molecule has 0 aromatic rings. The molecule has 5 aliphatic rings. The van der Waals surface area contributed by atoms with Crippen molar-refractivity contribution >= 4 is 18.6 Å². The highest BCUT2D eigenvalue weighted by molar-refractivity contribution is 7.81. The maximum Gasteiger partial charge on any atom is 0.306 e. The Morgan fingerprint density at radius 2 is 2.03 bits per heavy atom. The summed E-state index contributed by atoms with van der Waals surface area (Å²) in [5, 5.41) is 0.183. The van der Waals surface area contributed by atoms with Crippen LogP contribution in [0.5, 0.6) is 0 Å². The van der Waals surface area contributed by atoms with Crippen molar-refractivity contribution in [2.45, 2.75) is 109 Å². The third kappa shape index (κ3) is 6.02. The molecule has 0 bridgehead atoms. The van der Waals surface area contributed by atoms with Crippen molar-refractivity contribution in [2.24, 2.45) is 34.5 Å². The molecule has 5 rings (SSSR count). The van der Waals surface area contributed by atoms with Crippen LogP contribution in [0.4, 0.5) is 0 Å². The molecule has 0 N–H and O–H groups in total. The second kappa shape index (κ2) is 12.3. The molecule has 0 aromatic carbocycles. The summed E-state index contributed by atoms with van der Waals surface area (Å²) in [4.78, 5) is 11.8. The van der Waals surface area contributed by atoms with Crippen LogP contribution in [0.15, 0.2) is 48.1 Å². The van der Waals surface area contributed by atoms with Crippen LogP contribution >= 0.6 is 12.6 Å². The summed E-state index contributed by atoms with van der Waals surface area (Å²) in [5.74, 6) is 2.99. The van der Waals surface area contributed by atoms with Gasteiger partial charge in [-0.1, -0.05) is 55.9 Å². The van der Waals surface area contributed by atoms with Crippen LogP contribution in [-0.4, -0.2) is 36.8 Å². The monoisotopic (exact) mass is 554 g/mol. The summed E-state index contributed by atoms with van der Waals surface area (Å²) in [6, 6.07) is 0. The Bertz CT molecular complexity index is 999. The van der Waals surface area contributed by atoms with Crippen molar-refractivity contribution in [3.05, 3.63) is 48.1 Å². The van der Waals surface area contributed by atoms with E-state index in [1.165, 1.54) is 38.5 Å². The molecule has 0 saturated heterocycles. The van der Waals surface area contributed by atoms with Gasteiger partial charge in [-0.3, -0.25) is 4.79 Å². The number of fused-ring (bicyclic) bond motifs is 5. The van der Waals surface area contributed by atoms with Gasteiger partial charge >= 0.3 is 5.97 Å². The smallest absolute Gasteiger partial charge is 0.306 e. The zero-order valence-corrected chi connectivity index (χ0v) is 25.3. The minimum atomic E-state index is -0.215. The number of hydrogen-bond donors (Lipinski definition) is 1. The van der Waals surface area contributed by atoms with Gasteiger partial charge in [-0.25, -0.2) is 0 Å². The Kier molecular flexibility index (Phi) is 9.20. The lowest BCUT2D eigenvalue weighted by atomic mass is 9.47. The van der Waals surface area contributed by atoms with E-state index >= 15 is 0 Å². The molecular weight excluding hydrogens is 504 g/mol. The molecule has 3 saturated carbocycles. The minimum Gasteiger partial charge on any atom is -0.461 e. The van der Waals surface area contributed by atoms with Gasteiger partial charge in [-0.15, -0.1) is 0 Å². The number of carbonyl (C=O) groups excluding carboxylic acids is 1. The Hall–Kier alpha value is -1.30. The van der Waals surface area contributed by atoms with Gasteiger partial charge in [0.1, 0.15) is 6.61 Å². The Morgan fingerprint density at radius 1 is 1.18 bits per heavy atom. The van der Waals surface area contributed by atoms with Crippen LogP contribution in [0, 0.1) is 34.5 Å². The first-order valence-corrected chi connectivity index (χ1v) is 16.0. The lowest BCUT2D eigenvalue weighted by molar-refractivity contribution is -0.156. The van der Waals surface area contributed by atoms with Crippen molar-refractivity contribution in [3.8, 4) is 0 Å². The standard InChI is InChI=1S/C34H50O4S/c1-5-20-36-31(35)9-7-6-8-23(2)28-13-14-29-27-12-10-24-21-25(38-32-15-11-26(39)22-37-32)16-18-33(24,3)30(27)17-19-34(28,29)4/h5,8,10-11,15,25-30,32,39H,1,6-7,9,12-14,16-22H2,2-4H3/b23-8+. The largest absolute Gasteiger partial charge is 0.461 e. The average Bonchev–Trinajstić information content (AvgIpc) is 3.28. The van der Waals surface area contributed by atoms with Gasteiger partial charge in [0.25, 0.3) is 0 Å². The predicted molar refractivity (Wildman–Crippen MR) is 160 cm³/mol. The second-order valence-electron chi connectivity index (χ2n) is 13.4. The number of unbranched alkanes of at least 4 members (excludes halogenated alkanes) is 1. The average molecular weight is 555 g/mol. The molecule has 3 fully saturated rings. The molecule has 0 amide bonds. The van der Waals surface area contributed by atoms with Crippen molar-refractivity contribution in [1.29, 1.82) is 0 Å². The SMILES string of the molecule is C=CCOC(=O)CCC/C=C(\C)C1CCC2C3CC=C4CC(OC5C=CC(S)CO5)CCC4(C)C3CCC12C. The van der Waals surface area contributed by atoms with E-state index in [0.29, 0.717) is 36.4 Å². The lowest BCUT2D eigenvalue weighted by Gasteiger charge is -2.58. The third-order valence-corrected chi connectivity index (χ3v) is 11.6. The molecule has 39 heavy (non-hydrogen) atoms. The maximum absolute atomic E-state index is 11.8. The fraction of sp³-hybridized carbons (Fsp3) is 0.735. The van der Waals surface area contributed by atoms with E-state index < -0.39 is 0 Å². The van der Waals surface area contributed by atoms with Crippen LogP contribution in [-0.2, 0) is 19.0 Å². The van der Waals surface area contributed by atoms with Crippen LogP contribution < -0.4 is 0 Å². The number of thiol groups is 1. The minimum absolute atomic E-state index is 0.114. The summed E-state index contributed by atoms with van der Waals surface area (Å²) in [6.07, 6.45) is 23.2. The van der Waals surface area contributed by atoms with E-state index in [1.807, 2.05) is 6.08 Å². The van der Waals surface area contributed by atoms with Crippen LogP contribution in [0.3, 0.4) is 0 Å². The first-order chi connectivity index (χ1) is 18.7. The number of carbonyl (C=O) groups is 1. The van der Waals surface area contributed by atoms with Gasteiger partial charge in [-0.2, -0.15) is 12.6 Å². The molecule has 5 heteroatoms. The molecule has 4 aliphatic carbocycles. The van der Waals surface area contributed by atoms with Crippen molar-refractivity contribution in [2.75, 3.05) is 13.2 Å². The summed E-state index contributed by atoms with van der Waals surface area (Å²) in [6.45, 7) is 12.1. The number of esters is 1. The number of rotatable bonds is 9. The highest BCUT2D eigenvalue weighted by Gasteiger charge is 2.58.